The zero-order chi connectivity index (χ0) is 52.7. The van der Waals surface area contributed by atoms with Gasteiger partial charge in [-0.25, -0.2) is 9.59 Å². The van der Waals surface area contributed by atoms with E-state index in [0.717, 1.165) is 69.6 Å². The van der Waals surface area contributed by atoms with E-state index in [0.29, 0.717) is 51.4 Å². The minimum absolute atomic E-state index is 0. The van der Waals surface area contributed by atoms with Gasteiger partial charge in [-0.2, -0.15) is 0 Å². The predicted octanol–water partition coefficient (Wildman–Crippen LogP) is 8.83. The third-order valence-electron chi connectivity index (χ3n) is 14.1. The van der Waals surface area contributed by atoms with Crippen LogP contribution in [-0.2, 0) is 71.8 Å². The van der Waals surface area contributed by atoms with E-state index < -0.39 is 70.2 Å². The van der Waals surface area contributed by atoms with E-state index in [1.807, 2.05) is 74.5 Å². The molecule has 4 aliphatic rings. The van der Waals surface area contributed by atoms with Gasteiger partial charge in [-0.1, -0.05) is 99.2 Å². The maximum Gasteiger partial charge on any atom is 0.409 e. The van der Waals surface area contributed by atoms with Crippen LogP contribution in [0.5, 0.6) is 0 Å². The molecule has 72 heavy (non-hydrogen) atoms. The summed E-state index contributed by atoms with van der Waals surface area (Å²) < 4.78 is 21.6. The Hall–Kier alpha value is -4.60. The van der Waals surface area contributed by atoms with Crippen molar-refractivity contribution in [3.8, 4) is 0 Å². The number of benzene rings is 2. The van der Waals surface area contributed by atoms with Gasteiger partial charge >= 0.3 is 36.1 Å². The quantitative estimate of drug-likeness (QED) is 0.0645. The van der Waals surface area contributed by atoms with E-state index in [2.05, 4.69) is 0 Å². The van der Waals surface area contributed by atoms with E-state index >= 15 is 0 Å². The van der Waals surface area contributed by atoms with Crippen LogP contribution in [0.25, 0.3) is 0 Å². The van der Waals surface area contributed by atoms with Crippen LogP contribution >= 0.6 is 0 Å². The summed E-state index contributed by atoms with van der Waals surface area (Å²) >= 11 is 0. The molecule has 4 saturated carbocycles. The smallest absolute Gasteiger partial charge is 0.409 e. The Kier molecular flexibility index (Phi) is 30.5. The third-order valence-corrected chi connectivity index (χ3v) is 14.1. The first-order chi connectivity index (χ1) is 33.0. The van der Waals surface area contributed by atoms with Crippen LogP contribution < -0.4 is 0 Å². The van der Waals surface area contributed by atoms with Crippen molar-refractivity contribution in [2.45, 2.75) is 168 Å². The molecule has 412 valence electrons. The minimum Gasteiger partial charge on any atom is -0.481 e. The number of amides is 2. The standard InChI is InChI=1S/C18H25NO4.C15H20O3.C11H19NO4.C8H14O3.CH4O.CH3.Pd/c1-18(16(20)22-13-14-9-5-4-6-10-14)12-8-7-11-15(18)23-17(21)19(2)3;1-15(10-6-5-9-13(15)16)14(17)18-11-12-7-3-2-4-8-12;1-11(9(13)14)7-5-4-6-8(11)16-10(15)12(2)3;1-8(7(10)11)5-3-2-4-6(8)9;1-2;;/h4-6,9-10,15H,7-8,11-13H2,1-3H3;2-4,7-8,13,16H,5-6,9-11H2,1H3;8H,4-7H2,1-3H3,(H,13,14);6,9H,2-5H2,1H3,(H,10,11);2H,1H3;1H3;/q;;;;;-1;/t15-,18+;13-,15+;8-,11+;6-,8+;;;/m0000.../s1. The molecular formula is C54H85N2O15Pd-. The summed E-state index contributed by atoms with van der Waals surface area (Å²) in [6.07, 6.45) is 9.61. The predicted molar refractivity (Wildman–Crippen MR) is 269 cm³/mol. The number of nitrogens with zero attached hydrogens (tertiary/aromatic N) is 2. The first-order valence-corrected chi connectivity index (χ1v) is 24.5. The molecule has 4 fully saturated rings. The van der Waals surface area contributed by atoms with E-state index in [1.165, 1.54) is 9.80 Å². The number of ether oxygens (including phenoxy) is 4. The third kappa shape index (κ3) is 19.7. The number of aliphatic hydroxyl groups excluding tert-OH is 3. The monoisotopic (exact) mass is 1110 g/mol. The number of hydrogen-bond donors (Lipinski definition) is 5. The largest absolute Gasteiger partial charge is 0.481 e. The van der Waals surface area contributed by atoms with Crippen molar-refractivity contribution in [1.29, 1.82) is 0 Å². The first kappa shape index (κ1) is 67.4. The summed E-state index contributed by atoms with van der Waals surface area (Å²) in [7, 11) is 7.44. The first-order valence-electron chi connectivity index (χ1n) is 24.5. The maximum absolute atomic E-state index is 12.6. The second kappa shape index (κ2) is 32.6. The molecule has 0 aromatic heterocycles. The van der Waals surface area contributed by atoms with Gasteiger partial charge < -0.3 is 61.7 Å². The van der Waals surface area contributed by atoms with Gasteiger partial charge in [0.05, 0.1) is 23.0 Å². The van der Waals surface area contributed by atoms with Gasteiger partial charge in [-0.15, -0.1) is 0 Å². The zero-order valence-corrected chi connectivity index (χ0v) is 45.9. The molecule has 0 aliphatic heterocycles. The minimum atomic E-state index is -0.941. The fourth-order valence-corrected chi connectivity index (χ4v) is 8.81. The number of carboxylic acid groups (broad SMARTS) is 2. The molecule has 0 saturated heterocycles. The van der Waals surface area contributed by atoms with Gasteiger partial charge in [-0.3, -0.25) is 19.2 Å². The van der Waals surface area contributed by atoms with Gasteiger partial charge in [0.1, 0.15) is 36.3 Å². The molecule has 6 rings (SSSR count). The number of aliphatic carboxylic acids is 2. The molecule has 8 atom stereocenters. The number of esters is 2. The summed E-state index contributed by atoms with van der Waals surface area (Å²) in [5.41, 5.74) is -1.42. The topological polar surface area (TPSA) is 247 Å². The molecule has 0 unspecified atom stereocenters. The summed E-state index contributed by atoms with van der Waals surface area (Å²) in [5.74, 6) is -2.33. The number of carbonyl (C=O) groups excluding carboxylic acids is 4. The summed E-state index contributed by atoms with van der Waals surface area (Å²) in [6.45, 7) is 7.45. The van der Waals surface area contributed by atoms with Gasteiger partial charge in [0.25, 0.3) is 0 Å². The van der Waals surface area contributed by atoms with Gasteiger partial charge in [0, 0.05) is 55.7 Å². The van der Waals surface area contributed by atoms with E-state index in [9.17, 15) is 44.1 Å². The number of carbonyl (C=O) groups is 6. The van der Waals surface area contributed by atoms with Crippen LogP contribution in [0.3, 0.4) is 0 Å². The number of aliphatic hydroxyl groups is 3. The normalized spacial score (nSPS) is 27.1. The molecule has 0 spiro atoms. The van der Waals surface area contributed by atoms with Crippen molar-refractivity contribution in [2.75, 3.05) is 35.3 Å². The average molecular weight is 1110 g/mol. The molecule has 0 radical (unpaired) electrons. The Morgan fingerprint density at radius 1 is 0.500 bits per heavy atom. The van der Waals surface area contributed by atoms with Crippen molar-refractivity contribution in [1.82, 2.24) is 9.80 Å². The Balaban J connectivity index is 0.000000939. The Bertz CT molecular complexity index is 1940. The Labute approximate surface area is 442 Å². The summed E-state index contributed by atoms with van der Waals surface area (Å²) in [5, 5.41) is 44.4. The Morgan fingerprint density at radius 2 is 0.806 bits per heavy atom. The van der Waals surface area contributed by atoms with Crippen LogP contribution in [0.4, 0.5) is 9.59 Å². The van der Waals surface area contributed by atoms with Gasteiger partial charge in [-0.05, 0) is 103 Å². The summed E-state index contributed by atoms with van der Waals surface area (Å²) in [6, 6.07) is 19.2. The molecule has 17 nitrogen and oxygen atoms in total. The Morgan fingerprint density at radius 3 is 1.14 bits per heavy atom. The molecule has 2 aromatic carbocycles. The molecule has 0 heterocycles. The van der Waals surface area contributed by atoms with Crippen molar-refractivity contribution in [3.63, 3.8) is 0 Å². The fourth-order valence-electron chi connectivity index (χ4n) is 8.81. The van der Waals surface area contributed by atoms with Gasteiger partial charge in [0.15, 0.2) is 0 Å². The SMILES string of the molecule is CN(C)C(=O)O[C@H]1CCCC[C@@]1(C)C(=O)O.CN(C)C(=O)O[C@H]1CCCC[C@@]1(C)C(=O)OCc1ccccc1.CO.C[C@@]1(C(=O)O)CCCC[C@@H]1O.C[C@@]1(C(=O)OCc2ccccc2)CCCC[C@@H]1O.[CH3-].[Pd]. The van der Waals surface area contributed by atoms with Crippen molar-refractivity contribution in [3.05, 3.63) is 79.2 Å². The van der Waals surface area contributed by atoms with Crippen molar-refractivity contribution < 1.29 is 93.7 Å². The van der Waals surface area contributed by atoms with E-state index in [1.54, 1.807) is 42.0 Å². The number of hydrogen-bond acceptors (Lipinski definition) is 13. The van der Waals surface area contributed by atoms with Crippen LogP contribution in [0, 0.1) is 29.1 Å². The zero-order valence-electron chi connectivity index (χ0n) is 44.3. The number of carboxylic acids is 2. The molecular weight excluding hydrogens is 1020 g/mol. The molecule has 2 amide bonds. The van der Waals surface area contributed by atoms with Crippen LogP contribution in [0.15, 0.2) is 60.7 Å². The molecule has 4 aliphatic carbocycles. The summed E-state index contributed by atoms with van der Waals surface area (Å²) in [4.78, 5) is 72.7. The number of rotatable bonds is 10. The van der Waals surface area contributed by atoms with Crippen LogP contribution in [0.1, 0.15) is 142 Å². The fraction of sp³-hybridized carbons (Fsp3) is 0.648. The molecule has 2 aromatic rings. The van der Waals surface area contributed by atoms with Crippen molar-refractivity contribution in [2.24, 2.45) is 21.7 Å². The molecule has 0 bridgehead atoms. The molecule has 5 N–H and O–H groups in total. The van der Waals surface area contributed by atoms with E-state index in [-0.39, 0.29) is 53.0 Å². The van der Waals surface area contributed by atoms with Crippen LogP contribution in [-0.4, -0.2) is 131 Å². The van der Waals surface area contributed by atoms with Crippen LogP contribution in [0.2, 0.25) is 0 Å². The maximum atomic E-state index is 12.6. The molecule has 18 heteroatoms. The van der Waals surface area contributed by atoms with E-state index in [4.69, 9.17) is 29.2 Å². The second-order valence-electron chi connectivity index (χ2n) is 20.0. The van der Waals surface area contributed by atoms with Crippen molar-refractivity contribution >= 4 is 36.1 Å². The average Bonchev–Trinajstić information content (AvgIpc) is 3.35. The van der Waals surface area contributed by atoms with Gasteiger partial charge in [0.2, 0.25) is 0 Å². The second-order valence-corrected chi connectivity index (χ2v) is 20.0.